The minimum absolute atomic E-state index is 0.0210. The second kappa shape index (κ2) is 10.5. The van der Waals surface area contributed by atoms with Crippen molar-refractivity contribution in [1.82, 2.24) is 0 Å². The molecule has 0 amide bonds. The lowest BCUT2D eigenvalue weighted by molar-refractivity contribution is -0.139. The summed E-state index contributed by atoms with van der Waals surface area (Å²) in [6, 6.07) is 11.8. The van der Waals surface area contributed by atoms with Crippen molar-refractivity contribution < 1.29 is 46.8 Å². The molecule has 0 spiro atoms. The molecule has 0 aromatic heterocycles. The van der Waals surface area contributed by atoms with E-state index in [4.69, 9.17) is 14.6 Å². The van der Waals surface area contributed by atoms with Crippen LogP contribution in [0.4, 0.5) is 17.6 Å². The molecule has 0 aliphatic heterocycles. The normalized spacial score (nSPS) is 11.8. The molecule has 0 saturated carbocycles. The summed E-state index contributed by atoms with van der Waals surface area (Å²) in [7, 11) is 0. The Morgan fingerprint density at radius 2 is 1.57 bits per heavy atom. The monoisotopic (exact) mass is 520 g/mol. The number of ether oxygens (including phenoxy) is 2. The van der Waals surface area contributed by atoms with Gasteiger partial charge in [-0.05, 0) is 67.8 Å². The molecule has 0 unspecified atom stereocenters. The van der Waals surface area contributed by atoms with Crippen LogP contribution in [0, 0.1) is 5.82 Å². The van der Waals surface area contributed by atoms with Gasteiger partial charge in [-0.15, -0.1) is 0 Å². The topological polar surface area (TPSA) is 93.1 Å². The van der Waals surface area contributed by atoms with E-state index in [2.05, 4.69) is 0 Å². The zero-order valence-electron chi connectivity index (χ0n) is 20.1. The minimum Gasteiger partial charge on any atom is -0.506 e. The van der Waals surface area contributed by atoms with Gasteiger partial charge < -0.3 is 19.7 Å². The van der Waals surface area contributed by atoms with Crippen molar-refractivity contribution in [3.63, 3.8) is 0 Å². The van der Waals surface area contributed by atoms with Crippen LogP contribution in [0.25, 0.3) is 11.1 Å². The highest BCUT2D eigenvalue weighted by atomic mass is 19.4. The molecular formula is C27H24F4O6. The number of benzene rings is 3. The number of phenols is 1. The maximum Gasteiger partial charge on any atom is 0.419 e. The number of hydrogen-bond donors (Lipinski definition) is 2. The number of phenolic OH excluding ortho intramolecular Hbond substituents is 1. The third-order valence-electron chi connectivity index (χ3n) is 5.07. The minimum atomic E-state index is -4.89. The highest BCUT2D eigenvalue weighted by molar-refractivity contribution is 5.95. The number of hydrogen-bond acceptors (Lipinski definition) is 5. The van der Waals surface area contributed by atoms with Gasteiger partial charge >= 0.3 is 18.1 Å². The first kappa shape index (κ1) is 27.5. The van der Waals surface area contributed by atoms with E-state index >= 15 is 0 Å². The van der Waals surface area contributed by atoms with Crippen molar-refractivity contribution >= 4 is 11.9 Å². The highest BCUT2D eigenvalue weighted by Crippen LogP contribution is 2.39. The molecule has 3 rings (SSSR count). The average molecular weight is 520 g/mol. The van der Waals surface area contributed by atoms with E-state index in [1.54, 1.807) is 18.2 Å². The summed E-state index contributed by atoms with van der Waals surface area (Å²) in [5, 5.41) is 19.2. The van der Waals surface area contributed by atoms with E-state index in [1.807, 2.05) is 0 Å². The number of aliphatic carboxylic acids is 1. The molecule has 0 radical (unpaired) electrons. The summed E-state index contributed by atoms with van der Waals surface area (Å²) < 4.78 is 64.7. The van der Waals surface area contributed by atoms with Gasteiger partial charge in [0.25, 0.3) is 0 Å². The van der Waals surface area contributed by atoms with E-state index in [0.29, 0.717) is 22.8 Å². The van der Waals surface area contributed by atoms with Crippen molar-refractivity contribution in [2.45, 2.75) is 45.6 Å². The number of rotatable bonds is 7. The lowest BCUT2D eigenvalue weighted by Gasteiger charge is -2.22. The van der Waals surface area contributed by atoms with Crippen LogP contribution in [0.1, 0.15) is 47.8 Å². The van der Waals surface area contributed by atoms with Crippen molar-refractivity contribution in [2.24, 2.45) is 0 Å². The van der Waals surface area contributed by atoms with E-state index in [0.717, 1.165) is 12.1 Å². The van der Waals surface area contributed by atoms with Gasteiger partial charge in [0.05, 0.1) is 12.0 Å². The maximum atomic E-state index is 13.9. The van der Waals surface area contributed by atoms with Crippen LogP contribution in [-0.2, 0) is 28.7 Å². The zero-order chi connectivity index (χ0) is 27.5. The molecule has 2 N–H and O–H groups in total. The quantitative estimate of drug-likeness (QED) is 0.278. The fourth-order valence-electron chi connectivity index (χ4n) is 3.54. The second-order valence-electron chi connectivity index (χ2n) is 9.23. The molecule has 37 heavy (non-hydrogen) atoms. The SMILES string of the molecule is CC(C)(C)OC(=O)c1c(COc2ccc(-c3cc(F)cc(CC(=O)O)c3)cc2)ccc(C(F)(F)F)c1O. The molecule has 0 fully saturated rings. The van der Waals surface area contributed by atoms with Gasteiger partial charge in [0.15, 0.2) is 0 Å². The van der Waals surface area contributed by atoms with Crippen LogP contribution in [0.5, 0.6) is 11.5 Å². The zero-order valence-corrected chi connectivity index (χ0v) is 20.1. The first-order valence-electron chi connectivity index (χ1n) is 11.0. The number of alkyl halides is 3. The maximum absolute atomic E-state index is 13.9. The number of carbonyl (C=O) groups is 2. The molecule has 6 nitrogen and oxygen atoms in total. The van der Waals surface area contributed by atoms with Gasteiger partial charge in [-0.2, -0.15) is 13.2 Å². The Bertz CT molecular complexity index is 1310. The average Bonchev–Trinajstić information content (AvgIpc) is 2.75. The van der Waals surface area contributed by atoms with Crippen LogP contribution in [-0.4, -0.2) is 27.8 Å². The first-order valence-corrected chi connectivity index (χ1v) is 11.0. The number of carbonyl (C=O) groups excluding carboxylic acids is 1. The Kier molecular flexibility index (Phi) is 7.80. The number of carboxylic acid groups (broad SMARTS) is 1. The summed E-state index contributed by atoms with van der Waals surface area (Å²) >= 11 is 0. The predicted octanol–water partition coefficient (Wildman–Crippen LogP) is 6.38. The Morgan fingerprint density at radius 1 is 0.919 bits per heavy atom. The lowest BCUT2D eigenvalue weighted by Crippen LogP contribution is -2.25. The van der Waals surface area contributed by atoms with Gasteiger partial charge in [-0.3, -0.25) is 4.79 Å². The van der Waals surface area contributed by atoms with E-state index in [1.165, 1.54) is 39.0 Å². The smallest absolute Gasteiger partial charge is 0.419 e. The first-order chi connectivity index (χ1) is 17.1. The molecule has 10 heteroatoms. The lowest BCUT2D eigenvalue weighted by atomic mass is 10.0. The largest absolute Gasteiger partial charge is 0.506 e. The molecule has 0 bridgehead atoms. The summed E-state index contributed by atoms with van der Waals surface area (Å²) in [6.07, 6.45) is -5.23. The van der Waals surface area contributed by atoms with Gasteiger partial charge in [-0.25, -0.2) is 9.18 Å². The number of halogens is 4. The van der Waals surface area contributed by atoms with Crippen LogP contribution < -0.4 is 4.74 Å². The van der Waals surface area contributed by atoms with Gasteiger partial charge in [0.2, 0.25) is 0 Å². The number of aromatic hydroxyl groups is 1. The molecule has 0 aliphatic carbocycles. The third-order valence-corrected chi connectivity index (χ3v) is 5.07. The summed E-state index contributed by atoms with van der Waals surface area (Å²) in [6.45, 7) is 4.26. The Morgan fingerprint density at radius 3 is 2.14 bits per heavy atom. The molecule has 196 valence electrons. The summed E-state index contributed by atoms with van der Waals surface area (Å²) in [5.41, 5.74) is -1.76. The third kappa shape index (κ3) is 7.22. The van der Waals surface area contributed by atoms with Gasteiger partial charge in [0, 0.05) is 5.56 Å². The fourth-order valence-corrected chi connectivity index (χ4v) is 3.54. The van der Waals surface area contributed by atoms with E-state index in [9.17, 15) is 32.3 Å². The highest BCUT2D eigenvalue weighted by Gasteiger charge is 2.37. The molecule has 0 saturated heterocycles. The molecule has 3 aromatic rings. The van der Waals surface area contributed by atoms with Gasteiger partial charge in [0.1, 0.15) is 35.1 Å². The summed E-state index contributed by atoms with van der Waals surface area (Å²) in [5.74, 6) is -3.79. The molecule has 0 heterocycles. The van der Waals surface area contributed by atoms with Crippen LogP contribution in [0.15, 0.2) is 54.6 Å². The molecular weight excluding hydrogens is 496 g/mol. The number of esters is 1. The van der Waals surface area contributed by atoms with Crippen molar-refractivity contribution in [3.8, 4) is 22.6 Å². The summed E-state index contributed by atoms with van der Waals surface area (Å²) in [4.78, 5) is 23.6. The Labute approximate surface area is 210 Å². The van der Waals surface area contributed by atoms with Crippen molar-refractivity contribution in [3.05, 3.63) is 82.7 Å². The fraction of sp³-hybridized carbons (Fsp3) is 0.259. The van der Waals surface area contributed by atoms with Crippen LogP contribution >= 0.6 is 0 Å². The van der Waals surface area contributed by atoms with Gasteiger partial charge in [-0.1, -0.05) is 24.3 Å². The van der Waals surface area contributed by atoms with Crippen LogP contribution in [0.3, 0.4) is 0 Å². The Hall–Kier alpha value is -4.08. The van der Waals surface area contributed by atoms with Crippen molar-refractivity contribution in [1.29, 1.82) is 0 Å². The van der Waals surface area contributed by atoms with E-state index < -0.39 is 46.4 Å². The van der Waals surface area contributed by atoms with Crippen molar-refractivity contribution in [2.75, 3.05) is 0 Å². The second-order valence-corrected chi connectivity index (χ2v) is 9.23. The predicted molar refractivity (Wildman–Crippen MR) is 126 cm³/mol. The van der Waals surface area contributed by atoms with E-state index in [-0.39, 0.29) is 24.3 Å². The molecule has 0 atom stereocenters. The standard InChI is InChI=1S/C27H24F4O6/c1-26(2,3)37-25(35)23-17(6-9-21(24(23)34)27(29,30)31)14-36-20-7-4-16(5-8-20)18-10-15(12-22(32)33)11-19(28)13-18/h4-11,13,34H,12,14H2,1-3H3,(H,32,33). The number of carboxylic acids is 1. The van der Waals surface area contributed by atoms with Crippen LogP contribution in [0.2, 0.25) is 0 Å². The molecule has 3 aromatic carbocycles. The Balaban J connectivity index is 1.86. The molecule has 0 aliphatic rings.